The number of para-hydroxylation sites is 1. The van der Waals surface area contributed by atoms with Crippen molar-refractivity contribution < 1.29 is 28.6 Å². The summed E-state index contributed by atoms with van der Waals surface area (Å²) in [6, 6.07) is 16.4. The van der Waals surface area contributed by atoms with Gasteiger partial charge in [0.15, 0.2) is 11.6 Å². The van der Waals surface area contributed by atoms with Crippen LogP contribution in [0.3, 0.4) is 0 Å². The highest BCUT2D eigenvalue weighted by Crippen LogP contribution is 2.58. The number of anilines is 2. The molecule has 1 spiro atoms. The molecule has 4 atom stereocenters. The lowest BCUT2D eigenvalue weighted by molar-refractivity contribution is -0.122. The molecule has 39 heavy (non-hydrogen) atoms. The Hall–Kier alpha value is -4.59. The number of hydrogen-bond donors (Lipinski definition) is 1. The maximum atomic E-state index is 14.7. The van der Waals surface area contributed by atoms with Gasteiger partial charge in [0, 0.05) is 16.9 Å². The molecule has 0 bridgehead atoms. The van der Waals surface area contributed by atoms with Gasteiger partial charge in [0.25, 0.3) is 0 Å². The molecule has 0 aliphatic carbocycles. The Bertz CT molecular complexity index is 1560. The standard InChI is InChI=1S/C31H28N2O6/c1-17(34)28-27(29(35)21-16-20(38-3)11-13-25(21)39-4)31(22-7-5-6-8-23(22)32-30(31)36)26-14-9-18-15-19(37-2)10-12-24(18)33(26)28/h5-16,26-28H,1-4H3,(H,32,36)/t26-,27-,28-,31-/m0/s1. The molecule has 1 fully saturated rings. The lowest BCUT2D eigenvalue weighted by Crippen LogP contribution is -2.51. The zero-order valence-corrected chi connectivity index (χ0v) is 22.1. The molecule has 0 saturated carbocycles. The second kappa shape index (κ2) is 9.01. The molecule has 8 nitrogen and oxygen atoms in total. The van der Waals surface area contributed by atoms with Gasteiger partial charge in [-0.05, 0) is 55.0 Å². The minimum atomic E-state index is -1.37. The number of fused-ring (bicyclic) bond motifs is 6. The Kier molecular flexibility index (Phi) is 5.71. The number of nitrogens with zero attached hydrogens (tertiary/aromatic N) is 1. The zero-order chi connectivity index (χ0) is 27.5. The third kappa shape index (κ3) is 3.34. The Morgan fingerprint density at radius 3 is 2.36 bits per heavy atom. The average Bonchev–Trinajstić information content (AvgIpc) is 3.44. The lowest BCUT2D eigenvalue weighted by Gasteiger charge is -2.37. The summed E-state index contributed by atoms with van der Waals surface area (Å²) in [6.07, 6.45) is 3.86. The van der Waals surface area contributed by atoms with Crippen molar-refractivity contribution in [1.29, 1.82) is 0 Å². The molecular weight excluding hydrogens is 496 g/mol. The average molecular weight is 525 g/mol. The maximum Gasteiger partial charge on any atom is 0.238 e. The molecule has 0 aromatic heterocycles. The first-order valence-electron chi connectivity index (χ1n) is 12.7. The molecule has 0 radical (unpaired) electrons. The van der Waals surface area contributed by atoms with E-state index in [-0.39, 0.29) is 23.0 Å². The summed E-state index contributed by atoms with van der Waals surface area (Å²) in [4.78, 5) is 44.5. The van der Waals surface area contributed by atoms with E-state index >= 15 is 0 Å². The molecule has 3 aliphatic heterocycles. The molecule has 6 rings (SSSR count). The molecule has 1 saturated heterocycles. The maximum absolute atomic E-state index is 14.7. The van der Waals surface area contributed by atoms with Crippen LogP contribution in [-0.2, 0) is 15.0 Å². The number of amides is 1. The van der Waals surface area contributed by atoms with Gasteiger partial charge in [0.05, 0.1) is 44.9 Å². The summed E-state index contributed by atoms with van der Waals surface area (Å²) in [5.74, 6) is -0.469. The predicted molar refractivity (Wildman–Crippen MR) is 147 cm³/mol. The van der Waals surface area contributed by atoms with Gasteiger partial charge >= 0.3 is 0 Å². The molecule has 198 valence electrons. The van der Waals surface area contributed by atoms with Crippen LogP contribution in [0.2, 0.25) is 0 Å². The number of Topliss-reactive ketones (excluding diaryl/α,β-unsaturated/α-hetero) is 2. The molecule has 1 N–H and O–H groups in total. The van der Waals surface area contributed by atoms with Crippen molar-refractivity contribution in [3.63, 3.8) is 0 Å². The third-order valence-electron chi connectivity index (χ3n) is 8.21. The molecule has 1 amide bonds. The van der Waals surface area contributed by atoms with Crippen molar-refractivity contribution in [3.05, 3.63) is 83.4 Å². The Morgan fingerprint density at radius 1 is 0.923 bits per heavy atom. The van der Waals surface area contributed by atoms with Crippen LogP contribution >= 0.6 is 0 Å². The SMILES string of the molecule is COc1ccc2c(c1)C=C[C@@H]1N2[C@@H](C(C)=O)[C@@H](C(=O)c2cc(OC)ccc2OC)[C@@]12C(=O)Nc1ccccc12. The fourth-order valence-corrected chi connectivity index (χ4v) is 6.61. The second-order valence-corrected chi connectivity index (χ2v) is 9.97. The Balaban J connectivity index is 1.65. The van der Waals surface area contributed by atoms with Gasteiger partial charge in [-0.15, -0.1) is 0 Å². The van der Waals surface area contributed by atoms with E-state index in [1.54, 1.807) is 25.3 Å². The first kappa shape index (κ1) is 24.7. The summed E-state index contributed by atoms with van der Waals surface area (Å²) in [5, 5.41) is 3.01. The molecule has 8 heteroatoms. The smallest absolute Gasteiger partial charge is 0.238 e. The van der Waals surface area contributed by atoms with Gasteiger partial charge in [0.2, 0.25) is 5.91 Å². The Labute approximate surface area is 226 Å². The van der Waals surface area contributed by atoms with Gasteiger partial charge in [-0.2, -0.15) is 0 Å². The first-order valence-corrected chi connectivity index (χ1v) is 12.7. The lowest BCUT2D eigenvalue weighted by atomic mass is 9.64. The van der Waals surface area contributed by atoms with Gasteiger partial charge in [-0.3, -0.25) is 14.4 Å². The van der Waals surface area contributed by atoms with Crippen LogP contribution in [0.1, 0.15) is 28.4 Å². The largest absolute Gasteiger partial charge is 0.497 e. The highest BCUT2D eigenvalue weighted by atomic mass is 16.5. The number of ketones is 2. The third-order valence-corrected chi connectivity index (χ3v) is 8.21. The van der Waals surface area contributed by atoms with Crippen molar-refractivity contribution in [3.8, 4) is 17.2 Å². The van der Waals surface area contributed by atoms with Crippen molar-refractivity contribution in [2.24, 2.45) is 5.92 Å². The summed E-state index contributed by atoms with van der Waals surface area (Å²) < 4.78 is 16.4. The van der Waals surface area contributed by atoms with E-state index in [4.69, 9.17) is 14.2 Å². The van der Waals surface area contributed by atoms with Crippen LogP contribution in [0, 0.1) is 5.92 Å². The highest BCUT2D eigenvalue weighted by molar-refractivity contribution is 6.17. The fourth-order valence-electron chi connectivity index (χ4n) is 6.61. The van der Waals surface area contributed by atoms with Crippen LogP contribution in [-0.4, -0.2) is 50.9 Å². The van der Waals surface area contributed by atoms with Crippen LogP contribution in [0.4, 0.5) is 11.4 Å². The van der Waals surface area contributed by atoms with E-state index in [1.165, 1.54) is 21.1 Å². The molecule has 3 aromatic rings. The summed E-state index contributed by atoms with van der Waals surface area (Å²) in [5.41, 5.74) is 1.81. The van der Waals surface area contributed by atoms with Crippen LogP contribution in [0.15, 0.2) is 66.7 Å². The van der Waals surface area contributed by atoms with E-state index < -0.39 is 23.4 Å². The molecule has 0 unspecified atom stereocenters. The van der Waals surface area contributed by atoms with Crippen LogP contribution in [0.5, 0.6) is 17.2 Å². The van der Waals surface area contributed by atoms with Gasteiger partial charge in [-0.25, -0.2) is 0 Å². The second-order valence-electron chi connectivity index (χ2n) is 9.97. The number of hydrogen-bond acceptors (Lipinski definition) is 7. The van der Waals surface area contributed by atoms with Crippen LogP contribution in [0.25, 0.3) is 6.08 Å². The van der Waals surface area contributed by atoms with Crippen molar-refractivity contribution in [2.75, 3.05) is 31.5 Å². The summed E-state index contributed by atoms with van der Waals surface area (Å²) >= 11 is 0. The van der Waals surface area contributed by atoms with E-state index in [0.717, 1.165) is 11.3 Å². The van der Waals surface area contributed by atoms with E-state index in [9.17, 15) is 14.4 Å². The fraction of sp³-hybridized carbons (Fsp3) is 0.258. The van der Waals surface area contributed by atoms with E-state index in [2.05, 4.69) is 5.32 Å². The zero-order valence-electron chi connectivity index (χ0n) is 22.1. The topological polar surface area (TPSA) is 94.2 Å². The number of nitrogens with one attached hydrogen (secondary N) is 1. The minimum Gasteiger partial charge on any atom is -0.497 e. The highest BCUT2D eigenvalue weighted by Gasteiger charge is 2.70. The first-order chi connectivity index (χ1) is 18.9. The summed E-state index contributed by atoms with van der Waals surface area (Å²) in [7, 11) is 4.59. The van der Waals surface area contributed by atoms with Crippen molar-refractivity contribution >= 4 is 34.9 Å². The minimum absolute atomic E-state index is 0.216. The number of methoxy groups -OCH3 is 3. The van der Waals surface area contributed by atoms with Gasteiger partial charge in [-0.1, -0.05) is 30.4 Å². The van der Waals surface area contributed by atoms with E-state index in [0.29, 0.717) is 28.5 Å². The quantitative estimate of drug-likeness (QED) is 0.481. The molecule has 3 aliphatic rings. The molecule has 3 aromatic carbocycles. The van der Waals surface area contributed by atoms with Crippen LogP contribution < -0.4 is 24.4 Å². The summed E-state index contributed by atoms with van der Waals surface area (Å²) in [6.45, 7) is 1.48. The predicted octanol–water partition coefficient (Wildman–Crippen LogP) is 4.27. The van der Waals surface area contributed by atoms with Crippen molar-refractivity contribution in [1.82, 2.24) is 0 Å². The van der Waals surface area contributed by atoms with Gasteiger partial charge < -0.3 is 24.4 Å². The number of ether oxygens (including phenoxy) is 3. The molecule has 3 heterocycles. The monoisotopic (exact) mass is 524 g/mol. The Morgan fingerprint density at radius 2 is 1.64 bits per heavy atom. The number of benzene rings is 3. The number of rotatable bonds is 6. The number of carbonyl (C=O) groups is 3. The van der Waals surface area contributed by atoms with Gasteiger partial charge in [0.1, 0.15) is 22.7 Å². The normalized spacial score (nSPS) is 24.1. The molecular formula is C31H28N2O6. The number of carbonyl (C=O) groups excluding carboxylic acids is 3. The van der Waals surface area contributed by atoms with Crippen molar-refractivity contribution in [2.45, 2.75) is 24.4 Å². The van der Waals surface area contributed by atoms with E-state index in [1.807, 2.05) is 59.5 Å².